The van der Waals surface area contributed by atoms with E-state index in [1.54, 1.807) is 12.1 Å². The third-order valence-corrected chi connectivity index (χ3v) is 6.93. The lowest BCUT2D eigenvalue weighted by Gasteiger charge is -2.33. The Bertz CT molecular complexity index is 1600. The smallest absolute Gasteiger partial charge is 0.373 e. The van der Waals surface area contributed by atoms with Crippen molar-refractivity contribution in [3.63, 3.8) is 0 Å². The number of fused-ring (bicyclic) bond motifs is 2. The van der Waals surface area contributed by atoms with Crippen molar-refractivity contribution in [1.82, 2.24) is 4.58 Å². The van der Waals surface area contributed by atoms with E-state index in [4.69, 9.17) is 14.0 Å². The number of hydrogen-bond acceptors (Lipinski definition) is 6. The molecule has 6 rings (SSSR count). The second-order valence-electron chi connectivity index (χ2n) is 9.05. The van der Waals surface area contributed by atoms with Crippen LogP contribution in [0.4, 0.5) is 5.69 Å². The Kier molecular flexibility index (Phi) is 6.29. The van der Waals surface area contributed by atoms with E-state index in [1.165, 1.54) is 6.42 Å². The van der Waals surface area contributed by atoms with Gasteiger partial charge in [-0.3, -0.25) is 4.79 Å². The quantitative estimate of drug-likeness (QED) is 0.324. The highest BCUT2D eigenvalue weighted by Crippen LogP contribution is 2.42. The lowest BCUT2D eigenvalue weighted by Crippen LogP contribution is -2.52. The normalized spacial score (nSPS) is 16.3. The number of carboxylic acid groups (broad SMARTS) is 2. The van der Waals surface area contributed by atoms with E-state index in [-0.39, 0.29) is 17.6 Å². The summed E-state index contributed by atoms with van der Waals surface area (Å²) >= 11 is 0. The summed E-state index contributed by atoms with van der Waals surface area (Å²) in [5, 5.41) is 20.8. The van der Waals surface area contributed by atoms with Crippen LogP contribution in [0.3, 0.4) is 0 Å². The average Bonchev–Trinajstić information content (AvgIpc) is 2.80. The highest BCUT2D eigenvalue weighted by atomic mass is 16.4. The van der Waals surface area contributed by atoms with Gasteiger partial charge in [0, 0.05) is 47.4 Å². The molecule has 2 fully saturated rings. The molecule has 2 N–H and O–H groups in total. The minimum absolute atomic E-state index is 0.235. The highest BCUT2D eigenvalue weighted by Gasteiger charge is 2.37. The second kappa shape index (κ2) is 9.72. The largest absolute Gasteiger partial charge is 0.481 e. The number of anilines is 1. The highest BCUT2D eigenvalue weighted by molar-refractivity contribution is 6.07. The van der Waals surface area contributed by atoms with Crippen LogP contribution >= 0.6 is 0 Å². The van der Waals surface area contributed by atoms with Crippen LogP contribution in [0.25, 0.3) is 33.4 Å². The van der Waals surface area contributed by atoms with Gasteiger partial charge < -0.3 is 19.5 Å². The van der Waals surface area contributed by atoms with Crippen molar-refractivity contribution < 1.29 is 33.8 Å². The minimum atomic E-state index is -0.980. The molecule has 2 aromatic carbocycles. The van der Waals surface area contributed by atoms with Crippen LogP contribution in [0.5, 0.6) is 0 Å². The minimum Gasteiger partial charge on any atom is -0.481 e. The number of rotatable bonds is 4. The fourth-order valence-corrected chi connectivity index (χ4v) is 4.86. The maximum absolute atomic E-state index is 12.0. The van der Waals surface area contributed by atoms with Gasteiger partial charge >= 0.3 is 18.1 Å². The van der Waals surface area contributed by atoms with E-state index in [0.29, 0.717) is 30.0 Å². The first-order valence-corrected chi connectivity index (χ1v) is 11.8. The number of carbonyl (C=O) groups excluding carboxylic acids is 2. The van der Waals surface area contributed by atoms with Crippen LogP contribution in [0, 0.1) is 5.92 Å². The summed E-state index contributed by atoms with van der Waals surface area (Å²) in [5.74, 6) is -1.48. The van der Waals surface area contributed by atoms with E-state index < -0.39 is 11.9 Å². The first-order chi connectivity index (χ1) is 17.9. The van der Waals surface area contributed by atoms with Gasteiger partial charge in [0.2, 0.25) is 5.36 Å². The summed E-state index contributed by atoms with van der Waals surface area (Å²) in [4.78, 5) is 41.8. The van der Waals surface area contributed by atoms with E-state index in [0.717, 1.165) is 40.6 Å². The zero-order chi connectivity index (χ0) is 26.1. The molecule has 3 heterocycles. The molecule has 37 heavy (non-hydrogen) atoms. The van der Waals surface area contributed by atoms with Crippen LogP contribution in [0.2, 0.25) is 0 Å². The Morgan fingerprint density at radius 1 is 0.946 bits per heavy atom. The number of benzene rings is 3. The Labute approximate surface area is 210 Å². The van der Waals surface area contributed by atoms with E-state index in [2.05, 4.69) is 11.0 Å². The van der Waals surface area contributed by atoms with Gasteiger partial charge in [-0.25, -0.2) is 9.37 Å². The molecule has 9 nitrogen and oxygen atoms in total. The van der Waals surface area contributed by atoms with Gasteiger partial charge in [0.25, 0.3) is 0 Å². The average molecular weight is 499 g/mol. The molecule has 0 aromatic heterocycles. The maximum atomic E-state index is 12.0. The summed E-state index contributed by atoms with van der Waals surface area (Å²) in [6.45, 7) is 2.94. The molecule has 9 heteroatoms. The molecule has 4 aliphatic rings. The third kappa shape index (κ3) is 4.37. The predicted octanol–water partition coefficient (Wildman–Crippen LogP) is 3.02. The summed E-state index contributed by atoms with van der Waals surface area (Å²) < 4.78 is 8.40. The monoisotopic (exact) mass is 499 g/mol. The Morgan fingerprint density at radius 3 is 2.32 bits per heavy atom. The van der Waals surface area contributed by atoms with E-state index in [9.17, 15) is 19.8 Å². The maximum Gasteiger partial charge on any atom is 0.373 e. The molecule has 0 atom stereocenters. The lowest BCUT2D eigenvalue weighted by atomic mass is 9.90. The Balaban J connectivity index is 0.000000892. The molecule has 2 saturated heterocycles. The molecule has 0 bridgehead atoms. The number of nitrogens with zero attached hydrogens (tertiary/aromatic N) is 2. The number of carboxylic acids is 2. The topological polar surface area (TPSA) is 128 Å². The van der Waals surface area contributed by atoms with Crippen molar-refractivity contribution in [2.75, 3.05) is 31.1 Å². The van der Waals surface area contributed by atoms with Crippen molar-refractivity contribution in [2.45, 2.75) is 6.42 Å². The van der Waals surface area contributed by atoms with E-state index in [1.807, 2.05) is 47.0 Å². The molecular weight excluding hydrogens is 476 g/mol. The van der Waals surface area contributed by atoms with Gasteiger partial charge in [-0.2, -0.15) is 9.59 Å². The van der Waals surface area contributed by atoms with Gasteiger partial charge in [-0.05, 0) is 36.2 Å². The standard InChI is InChI=1S/C27H22N2O5.CO2/c30-26(31)16-14-29(15-16)18-7-9-22-24(13-18)34-23-12-17(28-10-3-11-28)6-8-21(23)25(22)19-4-1-2-5-20(19)27(32)33;2-1-3/h1-2,4-9,12-13,16H,3,10-11,14-15H2,(H-,30,31,32,33);/p+1. The lowest BCUT2D eigenvalue weighted by molar-refractivity contribution is -0.191. The first-order valence-electron chi connectivity index (χ1n) is 11.8. The molecular formula is C28H23N2O7+. The molecule has 0 amide bonds. The number of aliphatic carboxylic acids is 1. The Morgan fingerprint density at radius 2 is 1.68 bits per heavy atom. The molecule has 186 valence electrons. The SMILES string of the molecule is O=C(O)c1ccccc1-c1c2ccc(=[N+]3CC(C(=O)O)C3)cc-2oc2cc(N3CCC3)ccc12.O=C=O. The molecule has 1 aliphatic carbocycles. The van der Waals surface area contributed by atoms with Gasteiger partial charge in [-0.15, -0.1) is 0 Å². The van der Waals surface area contributed by atoms with Crippen molar-refractivity contribution in [2.24, 2.45) is 5.92 Å². The van der Waals surface area contributed by atoms with Gasteiger partial charge in [0.1, 0.15) is 11.3 Å². The molecule has 3 aliphatic heterocycles. The van der Waals surface area contributed by atoms with Crippen LogP contribution in [0.1, 0.15) is 16.8 Å². The van der Waals surface area contributed by atoms with Crippen molar-refractivity contribution >= 4 is 34.7 Å². The Hall–Kier alpha value is -4.75. The van der Waals surface area contributed by atoms with Crippen molar-refractivity contribution in [3.8, 4) is 22.5 Å². The predicted molar refractivity (Wildman–Crippen MR) is 133 cm³/mol. The fourth-order valence-electron chi connectivity index (χ4n) is 4.86. The van der Waals surface area contributed by atoms with Crippen molar-refractivity contribution in [3.05, 3.63) is 71.6 Å². The molecule has 0 saturated carbocycles. The summed E-state index contributed by atoms with van der Waals surface area (Å²) in [7, 11) is 0. The number of carbonyl (C=O) groups is 2. The summed E-state index contributed by atoms with van der Waals surface area (Å²) in [6.07, 6.45) is 1.42. The van der Waals surface area contributed by atoms with Gasteiger partial charge in [-0.1, -0.05) is 18.2 Å². The summed E-state index contributed by atoms with van der Waals surface area (Å²) in [6, 6.07) is 19.0. The molecule has 2 aromatic rings. The van der Waals surface area contributed by atoms with E-state index >= 15 is 0 Å². The zero-order valence-corrected chi connectivity index (χ0v) is 19.7. The third-order valence-electron chi connectivity index (χ3n) is 6.93. The zero-order valence-electron chi connectivity index (χ0n) is 19.7. The van der Waals surface area contributed by atoms with Gasteiger partial charge in [0.15, 0.2) is 19.0 Å². The molecule has 0 radical (unpaired) electrons. The van der Waals surface area contributed by atoms with Crippen LogP contribution in [0.15, 0.2) is 65.1 Å². The van der Waals surface area contributed by atoms with Crippen LogP contribution in [-0.2, 0) is 14.4 Å². The number of aromatic carboxylic acids is 1. The van der Waals surface area contributed by atoms with Crippen LogP contribution < -0.4 is 14.8 Å². The summed E-state index contributed by atoms with van der Waals surface area (Å²) in [5.41, 5.74) is 4.29. The van der Waals surface area contributed by atoms with Crippen molar-refractivity contribution in [1.29, 1.82) is 0 Å². The first kappa shape index (κ1) is 24.0. The second-order valence-corrected chi connectivity index (χ2v) is 9.05. The number of hydrogen-bond donors (Lipinski definition) is 2. The van der Waals surface area contributed by atoms with Crippen LogP contribution in [-0.4, -0.2) is 54.5 Å². The fraction of sp³-hybridized carbons (Fsp3) is 0.214. The van der Waals surface area contributed by atoms with Gasteiger partial charge in [0.05, 0.1) is 11.6 Å². The molecule has 0 spiro atoms. The molecule has 0 unspecified atom stereocenters.